The Morgan fingerprint density at radius 1 is 1.43 bits per heavy atom. The van der Waals surface area contributed by atoms with Crippen LogP contribution in [0.25, 0.3) is 0 Å². The quantitative estimate of drug-likeness (QED) is 0.746. The zero-order chi connectivity index (χ0) is 10.7. The molecule has 0 fully saturated rings. The third kappa shape index (κ3) is 2.61. The minimum absolute atomic E-state index is 0.125. The zero-order valence-electron chi connectivity index (χ0n) is 8.08. The summed E-state index contributed by atoms with van der Waals surface area (Å²) in [5.41, 5.74) is 0.153. The van der Waals surface area contributed by atoms with E-state index in [0.29, 0.717) is 5.69 Å². The van der Waals surface area contributed by atoms with E-state index in [1.54, 1.807) is 6.07 Å². The summed E-state index contributed by atoms with van der Waals surface area (Å²) in [7, 11) is 0. The monoisotopic (exact) mass is 202 g/mol. The van der Waals surface area contributed by atoms with E-state index >= 15 is 0 Å². The predicted molar refractivity (Wildman–Crippen MR) is 48.6 cm³/mol. The van der Waals surface area contributed by atoms with Crippen molar-refractivity contribution in [1.29, 1.82) is 0 Å². The fourth-order valence-electron chi connectivity index (χ4n) is 1.03. The first-order valence-corrected chi connectivity index (χ1v) is 4.37. The molecule has 0 unspecified atom stereocenters. The van der Waals surface area contributed by atoms with Crippen LogP contribution >= 0.6 is 0 Å². The number of hydrogen-bond donors (Lipinski definition) is 0. The third-order valence-electron chi connectivity index (χ3n) is 1.79. The van der Waals surface area contributed by atoms with Crippen LogP contribution in [-0.4, -0.2) is 16.2 Å². The zero-order valence-corrected chi connectivity index (χ0v) is 8.08. The van der Waals surface area contributed by atoms with Crippen molar-refractivity contribution in [3.8, 4) is 0 Å². The number of halogens is 2. The average Bonchev–Trinajstić information content (AvgIpc) is 2.07. The maximum atomic E-state index is 12.0. The smallest absolute Gasteiger partial charge is 0.266 e. The highest BCUT2D eigenvalue weighted by Gasteiger charge is 2.08. The molecule has 0 aliphatic carbocycles. The highest BCUT2D eigenvalue weighted by Crippen LogP contribution is 2.08. The number of nitrogens with zero attached hydrogens (tertiary/aromatic N) is 2. The molecule has 0 bridgehead atoms. The minimum atomic E-state index is -2.55. The number of alkyl halides is 2. The largest absolute Gasteiger partial charge is 0.268 e. The molecule has 0 aliphatic rings. The number of rotatable bonds is 3. The van der Waals surface area contributed by atoms with Crippen molar-refractivity contribution in [3.63, 3.8) is 0 Å². The Hall–Kier alpha value is -1.26. The van der Waals surface area contributed by atoms with Gasteiger partial charge in [0.25, 0.3) is 12.0 Å². The summed E-state index contributed by atoms with van der Waals surface area (Å²) in [6.07, 6.45) is -2.55. The van der Waals surface area contributed by atoms with Gasteiger partial charge in [0.2, 0.25) is 0 Å². The summed E-state index contributed by atoms with van der Waals surface area (Å²) in [4.78, 5) is 11.1. The first kappa shape index (κ1) is 10.8. The van der Waals surface area contributed by atoms with Crippen LogP contribution in [-0.2, 0) is 6.54 Å². The standard InChI is InChI=1S/C9H12F2N2O/c1-6(2)7-3-4-9(14)13(12-7)5-8(10)11/h3-4,6,8H,5H2,1-2H3. The molecule has 0 atom stereocenters. The molecule has 1 rings (SSSR count). The van der Waals surface area contributed by atoms with Crippen LogP contribution in [0.3, 0.4) is 0 Å². The van der Waals surface area contributed by atoms with E-state index in [0.717, 1.165) is 4.68 Å². The van der Waals surface area contributed by atoms with Crippen molar-refractivity contribution in [1.82, 2.24) is 9.78 Å². The summed E-state index contributed by atoms with van der Waals surface area (Å²) in [6.45, 7) is 3.14. The van der Waals surface area contributed by atoms with Crippen LogP contribution in [0.4, 0.5) is 8.78 Å². The Balaban J connectivity index is 3.02. The van der Waals surface area contributed by atoms with E-state index in [-0.39, 0.29) is 5.92 Å². The molecule has 0 radical (unpaired) electrons. The van der Waals surface area contributed by atoms with Crippen molar-refractivity contribution in [2.75, 3.05) is 0 Å². The number of aromatic nitrogens is 2. The van der Waals surface area contributed by atoms with Gasteiger partial charge >= 0.3 is 0 Å². The third-order valence-corrected chi connectivity index (χ3v) is 1.79. The second kappa shape index (κ2) is 4.30. The topological polar surface area (TPSA) is 34.9 Å². The Labute approximate surface area is 80.4 Å². The Morgan fingerprint density at radius 3 is 2.57 bits per heavy atom. The van der Waals surface area contributed by atoms with E-state index in [4.69, 9.17) is 0 Å². The minimum Gasteiger partial charge on any atom is -0.268 e. The Morgan fingerprint density at radius 2 is 2.07 bits per heavy atom. The maximum absolute atomic E-state index is 12.0. The van der Waals surface area contributed by atoms with E-state index in [2.05, 4.69) is 5.10 Å². The van der Waals surface area contributed by atoms with Crippen LogP contribution in [0.1, 0.15) is 25.5 Å². The summed E-state index contributed by atoms with van der Waals surface area (Å²) >= 11 is 0. The highest BCUT2D eigenvalue weighted by atomic mass is 19.3. The van der Waals surface area contributed by atoms with Gasteiger partial charge in [0.1, 0.15) is 6.54 Å². The van der Waals surface area contributed by atoms with Crippen LogP contribution in [0.15, 0.2) is 16.9 Å². The normalized spacial score (nSPS) is 11.3. The van der Waals surface area contributed by atoms with Crippen LogP contribution < -0.4 is 5.56 Å². The van der Waals surface area contributed by atoms with Gasteiger partial charge in [-0.1, -0.05) is 13.8 Å². The molecule has 0 saturated carbocycles. The molecule has 78 valence electrons. The summed E-state index contributed by atoms with van der Waals surface area (Å²) < 4.78 is 24.9. The fraction of sp³-hybridized carbons (Fsp3) is 0.556. The van der Waals surface area contributed by atoms with Gasteiger partial charge in [-0.3, -0.25) is 4.79 Å². The van der Waals surface area contributed by atoms with Gasteiger partial charge in [0.15, 0.2) is 0 Å². The van der Waals surface area contributed by atoms with Gasteiger partial charge in [0.05, 0.1) is 5.69 Å². The Bertz CT molecular complexity index is 360. The molecule has 3 nitrogen and oxygen atoms in total. The molecule has 0 aliphatic heterocycles. The molecule has 0 amide bonds. The molecule has 1 aromatic heterocycles. The SMILES string of the molecule is CC(C)c1ccc(=O)n(CC(F)F)n1. The molecular weight excluding hydrogens is 190 g/mol. The molecule has 0 aromatic carbocycles. The van der Waals surface area contributed by atoms with Crippen LogP contribution in [0, 0.1) is 0 Å². The first-order chi connectivity index (χ1) is 6.50. The van der Waals surface area contributed by atoms with Gasteiger partial charge in [-0.2, -0.15) is 5.10 Å². The molecule has 0 saturated heterocycles. The molecular formula is C9H12F2N2O. The molecule has 0 spiro atoms. The Kier molecular flexibility index (Phi) is 3.33. The maximum Gasteiger partial charge on any atom is 0.266 e. The van der Waals surface area contributed by atoms with Crippen molar-refractivity contribution in [3.05, 3.63) is 28.2 Å². The molecule has 14 heavy (non-hydrogen) atoms. The van der Waals surface area contributed by atoms with Crippen LogP contribution in [0.2, 0.25) is 0 Å². The van der Waals surface area contributed by atoms with Gasteiger partial charge < -0.3 is 0 Å². The van der Waals surface area contributed by atoms with Gasteiger partial charge in [-0.05, 0) is 12.0 Å². The van der Waals surface area contributed by atoms with Crippen molar-refractivity contribution >= 4 is 0 Å². The second-order valence-corrected chi connectivity index (χ2v) is 3.32. The molecule has 5 heteroatoms. The van der Waals surface area contributed by atoms with E-state index in [9.17, 15) is 13.6 Å². The molecule has 1 aromatic rings. The van der Waals surface area contributed by atoms with Crippen molar-refractivity contribution < 1.29 is 8.78 Å². The average molecular weight is 202 g/mol. The van der Waals surface area contributed by atoms with E-state index < -0.39 is 18.5 Å². The van der Waals surface area contributed by atoms with Crippen LogP contribution in [0.5, 0.6) is 0 Å². The van der Waals surface area contributed by atoms with Gasteiger partial charge in [-0.15, -0.1) is 0 Å². The lowest BCUT2D eigenvalue weighted by Gasteiger charge is -2.07. The first-order valence-electron chi connectivity index (χ1n) is 4.37. The summed E-state index contributed by atoms with van der Waals surface area (Å²) in [5.74, 6) is 0.125. The summed E-state index contributed by atoms with van der Waals surface area (Å²) in [6, 6.07) is 2.83. The molecule has 1 heterocycles. The molecule has 0 N–H and O–H groups in total. The lowest BCUT2D eigenvalue weighted by Crippen LogP contribution is -2.26. The predicted octanol–water partition coefficient (Wildman–Crippen LogP) is 1.63. The lowest BCUT2D eigenvalue weighted by molar-refractivity contribution is 0.119. The van der Waals surface area contributed by atoms with Crippen molar-refractivity contribution in [2.45, 2.75) is 32.7 Å². The highest BCUT2D eigenvalue weighted by molar-refractivity contribution is 5.04. The second-order valence-electron chi connectivity index (χ2n) is 3.32. The van der Waals surface area contributed by atoms with E-state index in [1.807, 2.05) is 13.8 Å². The van der Waals surface area contributed by atoms with E-state index in [1.165, 1.54) is 6.07 Å². The summed E-state index contributed by atoms with van der Waals surface area (Å²) in [5, 5.41) is 3.84. The van der Waals surface area contributed by atoms with Gasteiger partial charge in [-0.25, -0.2) is 13.5 Å². The van der Waals surface area contributed by atoms with Gasteiger partial charge in [0, 0.05) is 6.07 Å². The van der Waals surface area contributed by atoms with Crippen molar-refractivity contribution in [2.24, 2.45) is 0 Å². The number of hydrogen-bond acceptors (Lipinski definition) is 2. The fourth-order valence-corrected chi connectivity index (χ4v) is 1.03. The lowest BCUT2D eigenvalue weighted by atomic mass is 10.1.